The van der Waals surface area contributed by atoms with E-state index >= 15 is 0 Å². The quantitative estimate of drug-likeness (QED) is 0.223. The maximum atomic E-state index is 4.72. The highest BCUT2D eigenvalue weighted by Crippen LogP contribution is 2.60. The lowest BCUT2D eigenvalue weighted by Crippen LogP contribution is -2.39. The van der Waals surface area contributed by atoms with E-state index in [1.54, 1.807) is 15.3 Å². The van der Waals surface area contributed by atoms with Crippen LogP contribution in [0.15, 0.2) is 97.2 Å². The summed E-state index contributed by atoms with van der Waals surface area (Å²) in [4.78, 5) is 10.5. The summed E-state index contributed by atoms with van der Waals surface area (Å²) >= 11 is 2.07. The van der Waals surface area contributed by atoms with E-state index in [-0.39, 0.29) is 11.5 Å². The van der Waals surface area contributed by atoms with Crippen LogP contribution in [0.2, 0.25) is 0 Å². The number of thiophene rings is 1. The van der Waals surface area contributed by atoms with Crippen LogP contribution in [0, 0.1) is 5.41 Å². The molecule has 5 aromatic rings. The van der Waals surface area contributed by atoms with E-state index in [1.807, 2.05) is 12.3 Å². The zero-order valence-electron chi connectivity index (χ0n) is 23.0. The molecule has 0 saturated heterocycles. The molecule has 0 radical (unpaired) electrons. The third kappa shape index (κ3) is 3.57. The third-order valence-corrected chi connectivity index (χ3v) is 10.5. The van der Waals surface area contributed by atoms with Gasteiger partial charge in [-0.2, -0.15) is 0 Å². The molecule has 196 valence electrons. The second-order valence-corrected chi connectivity index (χ2v) is 13.0. The molecular weight excluding hydrogens is 504 g/mol. The van der Waals surface area contributed by atoms with Crippen LogP contribution in [0.1, 0.15) is 65.1 Å². The summed E-state index contributed by atoms with van der Waals surface area (Å²) < 4.78 is 0. The van der Waals surface area contributed by atoms with Gasteiger partial charge in [-0.1, -0.05) is 92.7 Å². The monoisotopic (exact) mass is 536 g/mol. The van der Waals surface area contributed by atoms with Gasteiger partial charge in [0.15, 0.2) is 0 Å². The number of aromatic nitrogens is 1. The Morgan fingerprint density at radius 3 is 2.67 bits per heavy atom. The summed E-state index contributed by atoms with van der Waals surface area (Å²) in [5, 5.41) is 1.17. The van der Waals surface area contributed by atoms with Crippen molar-refractivity contribution < 1.29 is 0 Å². The van der Waals surface area contributed by atoms with Gasteiger partial charge in [0.05, 0.1) is 11.6 Å². The van der Waals surface area contributed by atoms with Crippen molar-refractivity contribution in [2.24, 2.45) is 5.41 Å². The lowest BCUT2D eigenvalue weighted by Gasteiger charge is -2.47. The molecule has 1 aliphatic heterocycles. The van der Waals surface area contributed by atoms with Gasteiger partial charge in [0, 0.05) is 43.7 Å². The van der Waals surface area contributed by atoms with Gasteiger partial charge in [0.2, 0.25) is 0 Å². The van der Waals surface area contributed by atoms with Gasteiger partial charge in [-0.3, -0.25) is 4.98 Å². The molecule has 0 bridgehead atoms. The van der Waals surface area contributed by atoms with Crippen LogP contribution < -0.4 is 4.90 Å². The maximum Gasteiger partial charge on any atom is 0.0780 e. The summed E-state index contributed by atoms with van der Waals surface area (Å²) in [6.07, 6.45) is 15.0. The third-order valence-electron chi connectivity index (χ3n) is 9.21. The lowest BCUT2D eigenvalue weighted by molar-refractivity contribution is 0.276. The SMILES string of the molecule is CC1CC2(C)C=Cc3ccccc3N(c3ccc(-c4cccc5cccnc45)cc3)C2c2sc3c(c21)C=CCC3. The molecule has 3 atom stereocenters. The highest BCUT2D eigenvalue weighted by molar-refractivity contribution is 7.12. The first-order valence-electron chi connectivity index (χ1n) is 14.4. The molecule has 0 N–H and O–H groups in total. The van der Waals surface area contributed by atoms with Gasteiger partial charge < -0.3 is 4.90 Å². The Balaban J connectivity index is 1.32. The summed E-state index contributed by atoms with van der Waals surface area (Å²) in [5.41, 5.74) is 10.4. The second kappa shape index (κ2) is 9.04. The van der Waals surface area contributed by atoms with Crippen molar-refractivity contribution >= 4 is 45.8 Å². The number of hydrogen-bond acceptors (Lipinski definition) is 3. The smallest absolute Gasteiger partial charge is 0.0780 e. The predicted molar refractivity (Wildman–Crippen MR) is 170 cm³/mol. The van der Waals surface area contributed by atoms with E-state index in [9.17, 15) is 0 Å². The first kappa shape index (κ1) is 23.9. The van der Waals surface area contributed by atoms with Gasteiger partial charge in [0.25, 0.3) is 0 Å². The Hall–Kier alpha value is -3.95. The van der Waals surface area contributed by atoms with E-state index in [1.165, 1.54) is 45.4 Å². The molecule has 3 unspecified atom stereocenters. The normalized spacial score (nSPS) is 22.8. The lowest BCUT2D eigenvalue weighted by atomic mass is 9.66. The van der Waals surface area contributed by atoms with Crippen molar-refractivity contribution in [3.05, 3.63) is 124 Å². The standard InChI is InChI=1S/C37H32N2S/c1-24-23-37(2)21-20-26-9-3-5-14-31(26)39(36(37)35-33(24)30-12-4-6-15-32(30)40-35)28-18-16-25(17-19-28)29-13-7-10-27-11-8-22-38-34(27)29/h3-5,7-14,16-22,24,36H,6,15,23H2,1-2H3. The number of aryl methyl sites for hydroxylation is 1. The molecular formula is C37H32N2S. The first-order valence-corrected chi connectivity index (χ1v) is 15.3. The number of fused-ring (bicyclic) bond motifs is 7. The number of nitrogens with zero attached hydrogens (tertiary/aromatic N) is 2. The van der Waals surface area contributed by atoms with E-state index in [2.05, 4.69) is 127 Å². The fourth-order valence-electron chi connectivity index (χ4n) is 7.46. The predicted octanol–water partition coefficient (Wildman–Crippen LogP) is 10.3. The number of anilines is 2. The van der Waals surface area contributed by atoms with Crippen LogP contribution in [0.5, 0.6) is 0 Å². The summed E-state index contributed by atoms with van der Waals surface area (Å²) in [7, 11) is 0. The van der Waals surface area contributed by atoms with Crippen LogP contribution >= 0.6 is 11.3 Å². The summed E-state index contributed by atoms with van der Waals surface area (Å²) in [5.74, 6) is 0.535. The number of benzene rings is 3. The van der Waals surface area contributed by atoms with Crippen molar-refractivity contribution in [2.45, 2.75) is 45.1 Å². The van der Waals surface area contributed by atoms with Gasteiger partial charge in [-0.15, -0.1) is 11.3 Å². The molecule has 2 nitrogen and oxygen atoms in total. The fourth-order valence-corrected chi connectivity index (χ4v) is 9.14. The largest absolute Gasteiger partial charge is 0.332 e. The van der Waals surface area contributed by atoms with Crippen molar-refractivity contribution in [3.8, 4) is 11.1 Å². The van der Waals surface area contributed by atoms with E-state index < -0.39 is 0 Å². The molecule has 0 amide bonds. The molecule has 3 heteroatoms. The van der Waals surface area contributed by atoms with Crippen LogP contribution in [-0.4, -0.2) is 4.98 Å². The van der Waals surface area contributed by atoms with Gasteiger partial charge >= 0.3 is 0 Å². The average molecular weight is 537 g/mol. The number of para-hydroxylation sites is 2. The number of rotatable bonds is 2. The molecule has 3 aliphatic rings. The highest BCUT2D eigenvalue weighted by atomic mass is 32.1. The van der Waals surface area contributed by atoms with Crippen molar-refractivity contribution in [2.75, 3.05) is 4.90 Å². The molecule has 3 aromatic carbocycles. The first-order chi connectivity index (χ1) is 19.6. The highest BCUT2D eigenvalue weighted by Gasteiger charge is 2.48. The molecule has 0 spiro atoms. The van der Waals surface area contributed by atoms with Crippen LogP contribution in [-0.2, 0) is 6.42 Å². The fraction of sp³-hybridized carbons (Fsp3) is 0.216. The van der Waals surface area contributed by atoms with Crippen molar-refractivity contribution in [1.82, 2.24) is 4.98 Å². The number of pyridine rings is 1. The molecule has 2 aliphatic carbocycles. The van der Waals surface area contributed by atoms with Crippen LogP contribution in [0.3, 0.4) is 0 Å². The topological polar surface area (TPSA) is 16.1 Å². The molecule has 3 heterocycles. The number of hydrogen-bond donors (Lipinski definition) is 0. The average Bonchev–Trinajstić information content (AvgIpc) is 3.32. The van der Waals surface area contributed by atoms with Gasteiger partial charge in [-0.25, -0.2) is 0 Å². The van der Waals surface area contributed by atoms with Crippen molar-refractivity contribution in [3.63, 3.8) is 0 Å². The van der Waals surface area contributed by atoms with E-state index in [0.29, 0.717) is 5.92 Å². The molecule has 2 aromatic heterocycles. The molecule has 8 rings (SSSR count). The minimum atomic E-state index is 0.0147. The molecule has 0 fully saturated rings. The Bertz CT molecular complexity index is 1820. The van der Waals surface area contributed by atoms with Crippen LogP contribution in [0.25, 0.3) is 34.2 Å². The summed E-state index contributed by atoms with van der Waals surface area (Å²) in [6, 6.07) is 29.0. The zero-order chi connectivity index (χ0) is 26.8. The molecule has 40 heavy (non-hydrogen) atoms. The Labute approximate surface area is 240 Å². The maximum absolute atomic E-state index is 4.72. The zero-order valence-corrected chi connectivity index (χ0v) is 23.8. The second-order valence-electron chi connectivity index (χ2n) is 11.9. The minimum Gasteiger partial charge on any atom is -0.332 e. The summed E-state index contributed by atoms with van der Waals surface area (Å²) in [6.45, 7) is 4.93. The van der Waals surface area contributed by atoms with Crippen molar-refractivity contribution in [1.29, 1.82) is 0 Å². The van der Waals surface area contributed by atoms with Gasteiger partial charge in [-0.05, 0) is 71.7 Å². The minimum absolute atomic E-state index is 0.0147. The van der Waals surface area contributed by atoms with E-state index in [0.717, 1.165) is 18.4 Å². The van der Waals surface area contributed by atoms with E-state index in [4.69, 9.17) is 4.98 Å². The van der Waals surface area contributed by atoms with Crippen LogP contribution in [0.4, 0.5) is 11.4 Å². The Morgan fingerprint density at radius 1 is 0.925 bits per heavy atom. The molecule has 0 saturated carbocycles. The van der Waals surface area contributed by atoms with Gasteiger partial charge in [0.1, 0.15) is 0 Å². The number of allylic oxidation sites excluding steroid dienone is 1. The Kier molecular flexibility index (Phi) is 5.40. The Morgan fingerprint density at radius 2 is 1.77 bits per heavy atom.